The van der Waals surface area contributed by atoms with Gasteiger partial charge in [0.15, 0.2) is 0 Å². The van der Waals surface area contributed by atoms with Crippen LogP contribution in [-0.4, -0.2) is 98.8 Å². The minimum Gasteiger partial charge on any atom is -0.481 e. The molecule has 7 N–H and O–H groups in total. The molecule has 6 heterocycles. The predicted molar refractivity (Wildman–Crippen MR) is 207 cm³/mol. The summed E-state index contributed by atoms with van der Waals surface area (Å²) in [5.74, 6) is -1.79. The van der Waals surface area contributed by atoms with E-state index in [2.05, 4.69) is 52.3 Å². The average molecular weight is 826 g/mol. The van der Waals surface area contributed by atoms with Crippen LogP contribution >= 0.6 is 15.9 Å². The Kier molecular flexibility index (Phi) is 14.8. The number of ether oxygens (including phenoxy) is 2. The standard InChI is InChI=1S/C17H20N6O4.C15H18N6O2.C2H3BrO2/c1-3-27-11(2)22-8-12(5-20-22)17-14(19-10-24)6-21-23-9-13(4-15(17)23)18-7-16(25)26;1-3-23-10(2)20-7-11(5-18-20)15-13(17-9-22)6-19-21-8-12(16)4-14(15)21;3-1-2(4)5/h4-6,8-11,18H,3,7H2,1-2H3,(H,19,24)(H,25,26);4-10H,3,16H2,1-2H3,(H,17,22);1H2,(H,4,5). The first-order chi connectivity index (χ1) is 26.4. The van der Waals surface area contributed by atoms with Crippen molar-refractivity contribution in [3.63, 3.8) is 0 Å². The Morgan fingerprint density at radius 3 is 1.69 bits per heavy atom. The molecule has 0 bridgehead atoms. The van der Waals surface area contributed by atoms with Crippen LogP contribution in [0.15, 0.2) is 61.7 Å². The van der Waals surface area contributed by atoms with Gasteiger partial charge in [-0.15, -0.1) is 0 Å². The molecule has 0 aliphatic rings. The predicted octanol–water partition coefficient (Wildman–Crippen LogP) is 4.19. The van der Waals surface area contributed by atoms with E-state index in [1.165, 1.54) is 6.20 Å². The molecule has 21 heteroatoms. The molecule has 0 aliphatic carbocycles. The Morgan fingerprint density at radius 2 is 1.25 bits per heavy atom. The molecule has 2 atom stereocenters. The van der Waals surface area contributed by atoms with Crippen LogP contribution in [0.4, 0.5) is 22.7 Å². The Morgan fingerprint density at radius 1 is 0.782 bits per heavy atom. The quantitative estimate of drug-likeness (QED) is 0.0591. The highest BCUT2D eigenvalue weighted by atomic mass is 79.9. The summed E-state index contributed by atoms with van der Waals surface area (Å²) < 4.78 is 17.8. The summed E-state index contributed by atoms with van der Waals surface area (Å²) in [6.07, 6.45) is 14.4. The van der Waals surface area contributed by atoms with Gasteiger partial charge in [-0.1, -0.05) is 15.9 Å². The van der Waals surface area contributed by atoms with Crippen molar-refractivity contribution in [2.45, 2.75) is 40.2 Å². The number of rotatable bonds is 16. The fourth-order valence-corrected chi connectivity index (χ4v) is 5.33. The van der Waals surface area contributed by atoms with Gasteiger partial charge >= 0.3 is 11.9 Å². The van der Waals surface area contributed by atoms with Crippen LogP contribution in [0, 0.1) is 0 Å². The Labute approximate surface area is 322 Å². The molecule has 0 aliphatic heterocycles. The van der Waals surface area contributed by atoms with Gasteiger partial charge in [0.2, 0.25) is 12.8 Å². The number of amides is 2. The molecule has 0 saturated carbocycles. The number of anilines is 4. The van der Waals surface area contributed by atoms with Gasteiger partial charge in [0.25, 0.3) is 0 Å². The van der Waals surface area contributed by atoms with Crippen molar-refractivity contribution in [3.8, 4) is 22.3 Å². The number of hydrogen-bond donors (Lipinski definition) is 6. The maximum atomic E-state index is 11.0. The number of hydrogen-bond acceptors (Lipinski definition) is 12. The van der Waals surface area contributed by atoms with Crippen LogP contribution in [0.5, 0.6) is 0 Å². The van der Waals surface area contributed by atoms with E-state index in [0.717, 1.165) is 27.8 Å². The van der Waals surface area contributed by atoms with Crippen molar-refractivity contribution in [3.05, 3.63) is 61.7 Å². The molecule has 55 heavy (non-hydrogen) atoms. The lowest BCUT2D eigenvalue weighted by Gasteiger charge is -2.11. The summed E-state index contributed by atoms with van der Waals surface area (Å²) in [6, 6.07) is 3.58. The number of carboxylic acids is 2. The van der Waals surface area contributed by atoms with Crippen molar-refractivity contribution in [1.29, 1.82) is 0 Å². The minimum atomic E-state index is -0.965. The third-order valence-electron chi connectivity index (χ3n) is 7.62. The maximum absolute atomic E-state index is 11.0. The zero-order valence-electron chi connectivity index (χ0n) is 30.3. The summed E-state index contributed by atoms with van der Waals surface area (Å²) >= 11 is 2.71. The summed E-state index contributed by atoms with van der Waals surface area (Å²) in [5.41, 5.74) is 12.8. The van der Waals surface area contributed by atoms with Gasteiger partial charge in [0.1, 0.15) is 24.3 Å². The second kappa shape index (κ2) is 19.7. The molecule has 0 radical (unpaired) electrons. The third kappa shape index (κ3) is 10.6. The van der Waals surface area contributed by atoms with Gasteiger partial charge in [-0.2, -0.15) is 20.4 Å². The van der Waals surface area contributed by atoms with Gasteiger partial charge in [-0.05, 0) is 39.8 Å². The number of nitrogens with two attached hydrogens (primary N) is 1. The summed E-state index contributed by atoms with van der Waals surface area (Å²) in [6.45, 7) is 8.60. The molecule has 6 rings (SSSR count). The molecule has 0 saturated heterocycles. The molecule has 2 unspecified atom stereocenters. The summed E-state index contributed by atoms with van der Waals surface area (Å²) in [7, 11) is 0. The van der Waals surface area contributed by atoms with Gasteiger partial charge in [-0.3, -0.25) is 19.2 Å². The van der Waals surface area contributed by atoms with E-state index >= 15 is 0 Å². The highest BCUT2D eigenvalue weighted by Gasteiger charge is 2.18. The molecule has 0 aromatic carbocycles. The zero-order valence-corrected chi connectivity index (χ0v) is 31.9. The number of carboxylic acid groups (broad SMARTS) is 2. The van der Waals surface area contributed by atoms with Crippen LogP contribution in [0.1, 0.15) is 40.2 Å². The number of nitrogens with one attached hydrogen (secondary N) is 3. The first kappa shape index (κ1) is 41.4. The molecule has 0 spiro atoms. The number of aliphatic carboxylic acids is 2. The lowest BCUT2D eigenvalue weighted by molar-refractivity contribution is -0.135. The van der Waals surface area contributed by atoms with E-state index in [0.29, 0.717) is 54.3 Å². The zero-order chi connectivity index (χ0) is 40.1. The number of aromatic nitrogens is 8. The SMILES string of the molecule is CCOC(C)n1cc(-c2c(NC=O)cnn3cc(N)cc23)cn1.CCOC(C)n1cc(-c2c(NC=O)cnn3cc(NCC(=O)O)cc23)cn1.O=C(O)CBr. The second-order valence-corrected chi connectivity index (χ2v) is 11.9. The Hall–Kier alpha value is -6.32. The van der Waals surface area contributed by atoms with E-state index in [1.807, 2.05) is 46.2 Å². The number of halogens is 1. The number of carbonyl (C=O) groups excluding carboxylic acids is 2. The van der Waals surface area contributed by atoms with E-state index in [9.17, 15) is 19.2 Å². The van der Waals surface area contributed by atoms with Crippen LogP contribution in [-0.2, 0) is 28.7 Å². The summed E-state index contributed by atoms with van der Waals surface area (Å²) in [5, 5.41) is 41.9. The van der Waals surface area contributed by atoms with E-state index < -0.39 is 11.9 Å². The lowest BCUT2D eigenvalue weighted by atomic mass is 10.1. The van der Waals surface area contributed by atoms with Crippen LogP contribution in [0.2, 0.25) is 0 Å². The van der Waals surface area contributed by atoms with Gasteiger partial charge < -0.3 is 41.4 Å². The molecule has 292 valence electrons. The number of nitrogen functional groups attached to an aromatic ring is 1. The second-order valence-electron chi connectivity index (χ2n) is 11.4. The smallest absolute Gasteiger partial charge is 0.322 e. The van der Waals surface area contributed by atoms with Gasteiger partial charge in [-0.25, -0.2) is 18.4 Å². The fraction of sp³-hybridized carbons (Fsp3) is 0.294. The molecule has 20 nitrogen and oxygen atoms in total. The van der Waals surface area contributed by atoms with Crippen molar-refractivity contribution >= 4 is 74.5 Å². The molecule has 6 aromatic rings. The molecule has 0 fully saturated rings. The number of fused-ring (bicyclic) bond motifs is 2. The maximum Gasteiger partial charge on any atom is 0.322 e. The van der Waals surface area contributed by atoms with Gasteiger partial charge in [0, 0.05) is 47.9 Å². The first-order valence-electron chi connectivity index (χ1n) is 16.7. The summed E-state index contributed by atoms with van der Waals surface area (Å²) in [4.78, 5) is 42.0. The van der Waals surface area contributed by atoms with Crippen LogP contribution in [0.3, 0.4) is 0 Å². The molecule has 6 aromatic heterocycles. The largest absolute Gasteiger partial charge is 0.481 e. The Balaban J connectivity index is 0.000000220. The lowest BCUT2D eigenvalue weighted by Crippen LogP contribution is -2.11. The van der Waals surface area contributed by atoms with E-state index in [-0.39, 0.29) is 24.3 Å². The molecular weight excluding hydrogens is 784 g/mol. The Bertz CT molecular complexity index is 2230. The van der Waals surface area contributed by atoms with Crippen molar-refractivity contribution < 1.29 is 38.9 Å². The fourth-order valence-electron chi connectivity index (χ4n) is 5.33. The highest BCUT2D eigenvalue weighted by molar-refractivity contribution is 9.09. The number of alkyl halides is 1. The van der Waals surface area contributed by atoms with Crippen molar-refractivity contribution in [2.24, 2.45) is 0 Å². The molecule has 2 amide bonds. The first-order valence-corrected chi connectivity index (χ1v) is 17.8. The highest BCUT2D eigenvalue weighted by Crippen LogP contribution is 2.35. The van der Waals surface area contributed by atoms with Crippen molar-refractivity contribution in [1.82, 2.24) is 38.8 Å². The normalized spacial score (nSPS) is 11.8. The monoisotopic (exact) mass is 824 g/mol. The van der Waals surface area contributed by atoms with Crippen molar-refractivity contribution in [2.75, 3.05) is 46.8 Å². The molecular formula is C34H41BrN12O8. The van der Waals surface area contributed by atoms with Gasteiger partial charge in [0.05, 0.1) is 71.0 Å². The van der Waals surface area contributed by atoms with E-state index in [1.54, 1.807) is 55.4 Å². The van der Waals surface area contributed by atoms with Crippen LogP contribution in [0.25, 0.3) is 33.3 Å². The third-order valence-corrected chi connectivity index (χ3v) is 8.10. The average Bonchev–Trinajstić information content (AvgIpc) is 3.98. The number of nitrogens with zero attached hydrogens (tertiary/aromatic N) is 8. The number of carbonyl (C=O) groups is 4. The minimum absolute atomic E-state index is 0.0347. The van der Waals surface area contributed by atoms with Crippen LogP contribution < -0.4 is 21.7 Å². The topological polar surface area (TPSA) is 260 Å². The van der Waals surface area contributed by atoms with E-state index in [4.69, 9.17) is 25.4 Å².